The van der Waals surface area contributed by atoms with Crippen molar-refractivity contribution in [2.75, 3.05) is 13.2 Å². The van der Waals surface area contributed by atoms with E-state index in [2.05, 4.69) is 5.32 Å². The summed E-state index contributed by atoms with van der Waals surface area (Å²) in [6.07, 6.45) is -9.30. The van der Waals surface area contributed by atoms with E-state index < -0.39 is 34.6 Å². The van der Waals surface area contributed by atoms with Crippen LogP contribution in [0.5, 0.6) is 5.75 Å². The van der Waals surface area contributed by atoms with Crippen molar-refractivity contribution < 1.29 is 31.1 Å². The lowest BCUT2D eigenvalue weighted by atomic mass is 9.96. The highest BCUT2D eigenvalue weighted by Crippen LogP contribution is 2.35. The first kappa shape index (κ1) is 26.0. The molecule has 0 saturated heterocycles. The monoisotopic (exact) mass is 469 g/mol. The summed E-state index contributed by atoms with van der Waals surface area (Å²) >= 11 is 0. The maximum Gasteiger partial charge on any atom is 0.417 e. The normalized spacial score (nSPS) is 12.8. The van der Waals surface area contributed by atoms with Gasteiger partial charge in [-0.3, -0.25) is 0 Å². The molecule has 10 heteroatoms. The fraction of sp³-hybridized carbons (Fsp3) is 0.391. The lowest BCUT2D eigenvalue weighted by Gasteiger charge is -2.21. The molecule has 0 heterocycles. The summed E-state index contributed by atoms with van der Waals surface area (Å²) in [6.45, 7) is 4.00. The minimum Gasteiger partial charge on any atom is -0.493 e. The highest BCUT2D eigenvalue weighted by atomic mass is 19.4. The number of hydrogen-bond donors (Lipinski definition) is 1. The Bertz CT molecular complexity index is 1050. The minimum atomic E-state index is -4.74. The fourth-order valence-corrected chi connectivity index (χ4v) is 3.14. The first-order valence-electron chi connectivity index (χ1n) is 9.93. The van der Waals surface area contributed by atoms with E-state index in [4.69, 9.17) is 15.3 Å². The summed E-state index contributed by atoms with van der Waals surface area (Å²) in [7, 11) is 0. The van der Waals surface area contributed by atoms with Crippen molar-refractivity contribution in [3.63, 3.8) is 0 Å². The van der Waals surface area contributed by atoms with Gasteiger partial charge in [0, 0.05) is 18.5 Å². The molecule has 0 aliphatic carbocycles. The molecule has 0 spiro atoms. The smallest absolute Gasteiger partial charge is 0.417 e. The molecule has 1 N–H and O–H groups in total. The predicted molar refractivity (Wildman–Crippen MR) is 108 cm³/mol. The Balaban J connectivity index is 2.25. The molecule has 176 valence electrons. The van der Waals surface area contributed by atoms with Crippen LogP contribution in [0.3, 0.4) is 0 Å². The van der Waals surface area contributed by atoms with Crippen LogP contribution in [-0.4, -0.2) is 19.2 Å². The fourth-order valence-electron chi connectivity index (χ4n) is 3.14. The van der Waals surface area contributed by atoms with E-state index in [9.17, 15) is 26.3 Å². The van der Waals surface area contributed by atoms with Gasteiger partial charge in [0.25, 0.3) is 0 Å². The van der Waals surface area contributed by atoms with Crippen molar-refractivity contribution in [3.8, 4) is 17.9 Å². The van der Waals surface area contributed by atoms with Crippen molar-refractivity contribution in [2.24, 2.45) is 5.92 Å². The van der Waals surface area contributed by atoms with Gasteiger partial charge in [-0.25, -0.2) is 0 Å². The van der Waals surface area contributed by atoms with E-state index in [1.165, 1.54) is 24.3 Å². The third kappa shape index (κ3) is 7.40. The van der Waals surface area contributed by atoms with Crippen molar-refractivity contribution in [1.29, 1.82) is 10.5 Å². The molecule has 0 fully saturated rings. The molecule has 0 aromatic heterocycles. The van der Waals surface area contributed by atoms with Crippen LogP contribution in [0.1, 0.15) is 41.7 Å². The maximum atomic E-state index is 13.3. The van der Waals surface area contributed by atoms with Crippen LogP contribution in [0.15, 0.2) is 36.4 Å². The number of nitrogens with zero attached hydrogens (tertiary/aromatic N) is 2. The van der Waals surface area contributed by atoms with Crippen LogP contribution in [-0.2, 0) is 18.8 Å². The quantitative estimate of drug-likeness (QED) is 0.504. The van der Waals surface area contributed by atoms with E-state index in [0.29, 0.717) is 12.1 Å². The predicted octanol–water partition coefficient (Wildman–Crippen LogP) is 5.70. The summed E-state index contributed by atoms with van der Waals surface area (Å²) in [5, 5.41) is 21.0. The summed E-state index contributed by atoms with van der Waals surface area (Å²) < 4.78 is 84.9. The van der Waals surface area contributed by atoms with Crippen LogP contribution < -0.4 is 10.1 Å². The molecule has 0 amide bonds. The third-order valence-corrected chi connectivity index (χ3v) is 4.75. The molecule has 1 atom stereocenters. The van der Waals surface area contributed by atoms with Crippen LogP contribution in [0.4, 0.5) is 26.3 Å². The number of nitriles is 2. The molecule has 0 saturated carbocycles. The van der Waals surface area contributed by atoms with Gasteiger partial charge in [0.1, 0.15) is 5.75 Å². The van der Waals surface area contributed by atoms with Crippen molar-refractivity contribution in [3.05, 3.63) is 64.2 Å². The number of ether oxygens (including phenoxy) is 1. The summed E-state index contributed by atoms with van der Waals surface area (Å²) in [4.78, 5) is 0. The zero-order valence-corrected chi connectivity index (χ0v) is 17.8. The molecule has 2 rings (SSSR count). The van der Waals surface area contributed by atoms with E-state index in [1.54, 1.807) is 0 Å². The second-order valence-electron chi connectivity index (χ2n) is 7.75. The van der Waals surface area contributed by atoms with E-state index in [-0.39, 0.29) is 30.7 Å². The molecular weight excluding hydrogens is 448 g/mol. The molecule has 0 aliphatic heterocycles. The zero-order valence-electron chi connectivity index (χ0n) is 17.8. The third-order valence-electron chi connectivity index (χ3n) is 4.75. The number of nitrogens with one attached hydrogen (secondary N) is 1. The molecule has 2 aromatic carbocycles. The van der Waals surface area contributed by atoms with Crippen molar-refractivity contribution >= 4 is 0 Å². The first-order valence-corrected chi connectivity index (χ1v) is 9.93. The van der Waals surface area contributed by atoms with Crippen LogP contribution in [0, 0.1) is 28.6 Å². The van der Waals surface area contributed by atoms with Crippen LogP contribution in [0.25, 0.3) is 0 Å². The van der Waals surface area contributed by atoms with Gasteiger partial charge in [0.2, 0.25) is 0 Å². The van der Waals surface area contributed by atoms with Gasteiger partial charge >= 0.3 is 12.4 Å². The van der Waals surface area contributed by atoms with Crippen molar-refractivity contribution in [2.45, 2.75) is 38.7 Å². The molecule has 33 heavy (non-hydrogen) atoms. The Hall–Kier alpha value is -3.24. The summed E-state index contributed by atoms with van der Waals surface area (Å²) in [5.41, 5.74) is -2.87. The summed E-state index contributed by atoms with van der Waals surface area (Å²) in [5.74, 6) is -0.488. The van der Waals surface area contributed by atoms with Gasteiger partial charge in [-0.1, -0.05) is 19.9 Å². The Morgan fingerprint density at radius 3 is 1.94 bits per heavy atom. The molecule has 2 aromatic rings. The average Bonchev–Trinajstić information content (AvgIpc) is 2.74. The number of halogens is 6. The largest absolute Gasteiger partial charge is 0.493 e. The van der Waals surface area contributed by atoms with Gasteiger partial charge in [0.15, 0.2) is 0 Å². The standard InChI is InChI=1S/C23H21F6N3O/c1-14(2)32-12-16(7-15-3-4-17(10-30)20(8-15)22(24,25)26)13-33-19-6-5-18(11-31)21(9-19)23(27,28)29/h3-6,8-9,14,16,32H,7,12-13H2,1-2H3. The summed E-state index contributed by atoms with van der Waals surface area (Å²) in [6, 6.07) is 9.48. The van der Waals surface area contributed by atoms with Gasteiger partial charge in [-0.2, -0.15) is 36.9 Å². The second-order valence-corrected chi connectivity index (χ2v) is 7.75. The molecule has 0 bridgehead atoms. The number of rotatable bonds is 8. The first-order chi connectivity index (χ1) is 15.3. The van der Waals surface area contributed by atoms with Gasteiger partial charge in [0.05, 0.1) is 41.0 Å². The molecule has 1 unspecified atom stereocenters. The zero-order chi connectivity index (χ0) is 24.8. The van der Waals surface area contributed by atoms with Crippen molar-refractivity contribution in [1.82, 2.24) is 5.32 Å². The van der Waals surface area contributed by atoms with Gasteiger partial charge < -0.3 is 10.1 Å². The Kier molecular flexibility index (Phi) is 8.34. The Morgan fingerprint density at radius 1 is 0.879 bits per heavy atom. The van der Waals surface area contributed by atoms with Crippen LogP contribution >= 0.6 is 0 Å². The molecule has 4 nitrogen and oxygen atoms in total. The topological polar surface area (TPSA) is 68.8 Å². The average molecular weight is 469 g/mol. The Morgan fingerprint density at radius 2 is 1.42 bits per heavy atom. The molecule has 0 aliphatic rings. The van der Waals surface area contributed by atoms with Gasteiger partial charge in [-0.15, -0.1) is 0 Å². The van der Waals surface area contributed by atoms with E-state index in [1.807, 2.05) is 13.8 Å². The second kappa shape index (κ2) is 10.6. The molecule has 0 radical (unpaired) electrons. The SMILES string of the molecule is CC(C)NCC(COc1ccc(C#N)c(C(F)(F)F)c1)Cc1ccc(C#N)c(C(F)(F)F)c1. The molecular formula is C23H21F6N3O. The maximum absolute atomic E-state index is 13.3. The van der Waals surface area contributed by atoms with E-state index in [0.717, 1.165) is 24.3 Å². The lowest BCUT2D eigenvalue weighted by Crippen LogP contribution is -2.33. The minimum absolute atomic E-state index is 0.0611. The van der Waals surface area contributed by atoms with Gasteiger partial charge in [-0.05, 0) is 42.3 Å². The number of alkyl halides is 6. The number of benzene rings is 2. The Labute approximate surface area is 187 Å². The number of hydrogen-bond acceptors (Lipinski definition) is 4. The lowest BCUT2D eigenvalue weighted by molar-refractivity contribution is -0.138. The van der Waals surface area contributed by atoms with Crippen LogP contribution in [0.2, 0.25) is 0 Å². The highest BCUT2D eigenvalue weighted by Gasteiger charge is 2.35. The highest BCUT2D eigenvalue weighted by molar-refractivity contribution is 5.44. The van der Waals surface area contributed by atoms with E-state index >= 15 is 0 Å².